The Morgan fingerprint density at radius 3 is 2.18 bits per heavy atom. The summed E-state index contributed by atoms with van der Waals surface area (Å²) in [6, 6.07) is 10.7. The normalized spacial score (nSPS) is 18.2. The Labute approximate surface area is 236 Å². The number of carboxylic acids is 1. The summed E-state index contributed by atoms with van der Waals surface area (Å²) < 4.78 is 5.77. The van der Waals surface area contributed by atoms with Gasteiger partial charge in [0.25, 0.3) is 0 Å². The third-order valence-electron chi connectivity index (χ3n) is 6.97. The average molecular weight is 586 g/mol. The lowest BCUT2D eigenvalue weighted by Gasteiger charge is -2.34. The van der Waals surface area contributed by atoms with Gasteiger partial charge in [-0.25, -0.2) is 4.79 Å². The summed E-state index contributed by atoms with van der Waals surface area (Å²) in [5, 5.41) is 22.7. The van der Waals surface area contributed by atoms with Crippen molar-refractivity contribution in [3.05, 3.63) is 63.6 Å². The molecule has 8 nitrogen and oxygen atoms in total. The van der Waals surface area contributed by atoms with Crippen molar-refractivity contribution in [3.8, 4) is 5.75 Å². The van der Waals surface area contributed by atoms with E-state index in [0.29, 0.717) is 26.9 Å². The summed E-state index contributed by atoms with van der Waals surface area (Å²) in [5.41, 5.74) is -0.159. The lowest BCUT2D eigenvalue weighted by atomic mass is 9.79. The van der Waals surface area contributed by atoms with Gasteiger partial charge in [-0.3, -0.25) is 9.59 Å². The van der Waals surface area contributed by atoms with Gasteiger partial charge in [-0.2, -0.15) is 0 Å². The van der Waals surface area contributed by atoms with Crippen LogP contribution in [0, 0.1) is 5.41 Å². The number of aliphatic hydroxyl groups excluding tert-OH is 1. The van der Waals surface area contributed by atoms with Crippen LogP contribution >= 0.6 is 34.8 Å². The van der Waals surface area contributed by atoms with Crippen molar-refractivity contribution in [2.75, 3.05) is 13.1 Å². The number of benzene rings is 2. The number of nitrogens with zero attached hydrogens (tertiary/aromatic N) is 1. The van der Waals surface area contributed by atoms with Gasteiger partial charge in [-0.15, -0.1) is 11.6 Å². The average Bonchev–Trinajstić information content (AvgIpc) is 3.23. The van der Waals surface area contributed by atoms with Crippen molar-refractivity contribution in [2.24, 2.45) is 5.41 Å². The third kappa shape index (κ3) is 6.72. The van der Waals surface area contributed by atoms with Gasteiger partial charge in [-0.1, -0.05) is 55.2 Å². The van der Waals surface area contributed by atoms with Crippen LogP contribution in [0.25, 0.3) is 0 Å². The molecule has 11 heteroatoms. The number of hydrogen-bond acceptors (Lipinski definition) is 5. The number of carbonyl (C=O) groups is 3. The third-order valence-corrected chi connectivity index (χ3v) is 8.11. The highest BCUT2D eigenvalue weighted by Crippen LogP contribution is 2.32. The lowest BCUT2D eigenvalue weighted by molar-refractivity contribution is -0.153. The molecule has 3 unspecified atom stereocenters. The van der Waals surface area contributed by atoms with Crippen LogP contribution in [0.15, 0.2) is 42.5 Å². The molecule has 2 aromatic rings. The number of hydrogen-bond donors (Lipinski definition) is 3. The number of carboxylic acid groups (broad SMARTS) is 1. The van der Waals surface area contributed by atoms with Crippen LogP contribution in [-0.2, 0) is 27.4 Å². The zero-order valence-corrected chi connectivity index (χ0v) is 23.4. The van der Waals surface area contributed by atoms with E-state index in [2.05, 4.69) is 5.32 Å². The van der Waals surface area contributed by atoms with E-state index in [-0.39, 0.29) is 39.0 Å². The molecule has 0 aliphatic carbocycles. The molecule has 3 rings (SSSR count). The molecular weight excluding hydrogens is 555 g/mol. The van der Waals surface area contributed by atoms with E-state index in [1.165, 1.54) is 4.90 Å². The van der Waals surface area contributed by atoms with Crippen LogP contribution < -0.4 is 10.1 Å². The lowest BCUT2D eigenvalue weighted by Crippen LogP contribution is -2.55. The highest BCUT2D eigenvalue weighted by Gasteiger charge is 2.48. The predicted molar refractivity (Wildman–Crippen MR) is 146 cm³/mol. The van der Waals surface area contributed by atoms with Crippen molar-refractivity contribution < 1.29 is 29.3 Å². The number of carbonyl (C=O) groups excluding carboxylic acids is 2. The molecule has 38 heavy (non-hydrogen) atoms. The fourth-order valence-corrected chi connectivity index (χ4v) is 5.22. The van der Waals surface area contributed by atoms with Crippen LogP contribution in [0.2, 0.25) is 10.0 Å². The first-order valence-electron chi connectivity index (χ1n) is 12.3. The van der Waals surface area contributed by atoms with Crippen molar-refractivity contribution in [3.63, 3.8) is 0 Å². The van der Waals surface area contributed by atoms with E-state index in [9.17, 15) is 24.6 Å². The summed E-state index contributed by atoms with van der Waals surface area (Å²) >= 11 is 18.4. The largest absolute Gasteiger partial charge is 0.489 e. The Kier molecular flexibility index (Phi) is 10.3. The molecule has 206 valence electrons. The molecule has 3 atom stereocenters. The maximum Gasteiger partial charge on any atom is 0.326 e. The SMILES string of the molecule is CCC(CC)(C(=O)NC(Cc1ccc(OCc2c(Cl)cccc2Cl)cc1)C(=O)O)C(=O)N1CC(O)C(Cl)C1. The number of aliphatic carboxylic acids is 1. The van der Waals surface area contributed by atoms with E-state index in [0.717, 1.165) is 0 Å². The highest BCUT2D eigenvalue weighted by atomic mass is 35.5. The topological polar surface area (TPSA) is 116 Å². The molecule has 1 aliphatic heterocycles. The molecule has 0 spiro atoms. The minimum absolute atomic E-state index is 0.00156. The maximum atomic E-state index is 13.4. The first-order chi connectivity index (χ1) is 18.0. The number of β-amino-alcohol motifs (C(OH)–C–C–N with tert-alkyl or cyclic N) is 1. The smallest absolute Gasteiger partial charge is 0.326 e. The van der Waals surface area contributed by atoms with E-state index in [1.807, 2.05) is 0 Å². The number of amides is 2. The fraction of sp³-hybridized carbons (Fsp3) is 0.444. The van der Waals surface area contributed by atoms with Crippen molar-refractivity contribution >= 4 is 52.6 Å². The Hall–Kier alpha value is -2.52. The van der Waals surface area contributed by atoms with Crippen LogP contribution in [0.5, 0.6) is 5.75 Å². The molecular formula is C27H31Cl3N2O6. The zero-order valence-electron chi connectivity index (χ0n) is 21.1. The summed E-state index contributed by atoms with van der Waals surface area (Å²) in [4.78, 5) is 40.1. The summed E-state index contributed by atoms with van der Waals surface area (Å²) in [5.74, 6) is -1.82. The van der Waals surface area contributed by atoms with Gasteiger partial charge in [-0.05, 0) is 42.7 Å². The summed E-state index contributed by atoms with van der Waals surface area (Å²) in [6.07, 6.45) is -0.541. The second-order valence-electron chi connectivity index (χ2n) is 9.28. The molecule has 3 N–H and O–H groups in total. The van der Waals surface area contributed by atoms with Gasteiger partial charge in [0, 0.05) is 35.1 Å². The summed E-state index contributed by atoms with van der Waals surface area (Å²) in [6.45, 7) is 3.72. The second-order valence-corrected chi connectivity index (χ2v) is 10.7. The molecule has 0 saturated carbocycles. The highest BCUT2D eigenvalue weighted by molar-refractivity contribution is 6.35. The van der Waals surface area contributed by atoms with Gasteiger partial charge in [0.05, 0.1) is 11.5 Å². The number of alkyl halides is 1. The second kappa shape index (κ2) is 13.0. The predicted octanol–water partition coefficient (Wildman–Crippen LogP) is 4.30. The molecule has 2 amide bonds. The quantitative estimate of drug-likeness (QED) is 0.268. The van der Waals surface area contributed by atoms with Crippen LogP contribution in [0.3, 0.4) is 0 Å². The monoisotopic (exact) mass is 584 g/mol. The molecule has 1 heterocycles. The number of nitrogens with one attached hydrogen (secondary N) is 1. The zero-order chi connectivity index (χ0) is 28.0. The Morgan fingerprint density at radius 2 is 1.68 bits per heavy atom. The maximum absolute atomic E-state index is 13.4. The number of likely N-dealkylation sites (tertiary alicyclic amines) is 1. The molecule has 1 saturated heterocycles. The minimum Gasteiger partial charge on any atom is -0.489 e. The van der Waals surface area contributed by atoms with Gasteiger partial charge >= 0.3 is 5.97 Å². The van der Waals surface area contributed by atoms with Crippen LogP contribution in [0.1, 0.15) is 37.8 Å². The van der Waals surface area contributed by atoms with E-state index in [1.54, 1.807) is 56.3 Å². The summed E-state index contributed by atoms with van der Waals surface area (Å²) in [7, 11) is 0. The van der Waals surface area contributed by atoms with Crippen molar-refractivity contribution in [1.82, 2.24) is 10.2 Å². The van der Waals surface area contributed by atoms with E-state index >= 15 is 0 Å². The van der Waals surface area contributed by atoms with E-state index < -0.39 is 40.7 Å². The fourth-order valence-electron chi connectivity index (χ4n) is 4.47. The van der Waals surface area contributed by atoms with Gasteiger partial charge in [0.1, 0.15) is 23.8 Å². The number of ether oxygens (including phenoxy) is 1. The molecule has 0 bridgehead atoms. The first-order valence-corrected chi connectivity index (χ1v) is 13.5. The van der Waals surface area contributed by atoms with Crippen molar-refractivity contribution in [2.45, 2.75) is 57.2 Å². The number of rotatable bonds is 11. The van der Waals surface area contributed by atoms with Crippen LogP contribution in [-0.4, -0.2) is 63.5 Å². The Bertz CT molecular complexity index is 1130. The van der Waals surface area contributed by atoms with Gasteiger partial charge in [0.15, 0.2) is 0 Å². The Balaban J connectivity index is 1.68. The molecule has 1 fully saturated rings. The molecule has 0 aromatic heterocycles. The molecule has 0 radical (unpaired) electrons. The number of halogens is 3. The van der Waals surface area contributed by atoms with Crippen LogP contribution in [0.4, 0.5) is 0 Å². The molecule has 1 aliphatic rings. The van der Waals surface area contributed by atoms with E-state index in [4.69, 9.17) is 39.5 Å². The van der Waals surface area contributed by atoms with Crippen molar-refractivity contribution in [1.29, 1.82) is 0 Å². The van der Waals surface area contributed by atoms with Gasteiger partial charge < -0.3 is 25.2 Å². The molecule has 2 aromatic carbocycles. The number of aliphatic hydroxyl groups is 1. The first kappa shape index (κ1) is 30.0. The standard InChI is InChI=1S/C27H31Cl3N2O6/c1-3-27(4-2,26(37)32-13-21(30)23(33)14-32)25(36)31-22(24(34)35)12-16-8-10-17(11-9-16)38-15-18-19(28)6-5-7-20(18)29/h5-11,21-23,33H,3-4,12-15H2,1-2H3,(H,31,36)(H,34,35). The minimum atomic E-state index is -1.47. The Morgan fingerprint density at radius 1 is 1.08 bits per heavy atom. The van der Waals surface area contributed by atoms with Gasteiger partial charge in [0.2, 0.25) is 11.8 Å².